The Bertz CT molecular complexity index is 297. The first-order valence-electron chi connectivity index (χ1n) is 5.55. The fourth-order valence-corrected chi connectivity index (χ4v) is 1.92. The predicted molar refractivity (Wildman–Crippen MR) is 61.5 cm³/mol. The van der Waals surface area contributed by atoms with Gasteiger partial charge in [0.2, 0.25) is 0 Å². The van der Waals surface area contributed by atoms with Crippen LogP contribution in [0.3, 0.4) is 0 Å². The maximum atomic E-state index is 12.0. The van der Waals surface area contributed by atoms with E-state index in [0.29, 0.717) is 13.0 Å². The Balaban J connectivity index is 3.30. The average Bonchev–Trinajstić information content (AvgIpc) is 1.99. The fourth-order valence-electron chi connectivity index (χ4n) is 1.92. The van der Waals surface area contributed by atoms with E-state index in [0.717, 1.165) is 11.3 Å². The monoisotopic (exact) mass is 210 g/mol. The highest BCUT2D eigenvalue weighted by atomic mass is 16.5. The van der Waals surface area contributed by atoms with Crippen LogP contribution < -0.4 is 0 Å². The van der Waals surface area contributed by atoms with Gasteiger partial charge in [0.25, 0.3) is 0 Å². The standard InChI is InChI=1S/C13H22O2/c1-12(2,3)10-9(14)7-8-15-11(10)13(4,5)6/h7-8H2,1-6H3. The summed E-state index contributed by atoms with van der Waals surface area (Å²) in [6, 6.07) is 0. The van der Waals surface area contributed by atoms with E-state index in [1.807, 2.05) is 0 Å². The van der Waals surface area contributed by atoms with Crippen LogP contribution in [0.5, 0.6) is 0 Å². The van der Waals surface area contributed by atoms with Gasteiger partial charge < -0.3 is 4.74 Å². The van der Waals surface area contributed by atoms with Crippen molar-refractivity contribution in [3.05, 3.63) is 11.3 Å². The first-order chi connectivity index (χ1) is 6.64. The highest BCUT2D eigenvalue weighted by Crippen LogP contribution is 2.40. The first-order valence-corrected chi connectivity index (χ1v) is 5.55. The number of carbonyl (C=O) groups is 1. The fraction of sp³-hybridized carbons (Fsp3) is 0.769. The Hall–Kier alpha value is -0.790. The van der Waals surface area contributed by atoms with Gasteiger partial charge in [-0.15, -0.1) is 0 Å². The lowest BCUT2D eigenvalue weighted by Crippen LogP contribution is -2.31. The molecular weight excluding hydrogens is 188 g/mol. The summed E-state index contributed by atoms with van der Waals surface area (Å²) in [4.78, 5) is 12.0. The molecule has 2 nitrogen and oxygen atoms in total. The summed E-state index contributed by atoms with van der Waals surface area (Å²) in [6.07, 6.45) is 0.520. The molecule has 0 N–H and O–H groups in total. The number of Topliss-reactive ketones (excluding diaryl/α,β-unsaturated/α-hetero) is 1. The van der Waals surface area contributed by atoms with Crippen LogP contribution in [-0.4, -0.2) is 12.4 Å². The van der Waals surface area contributed by atoms with Crippen LogP contribution in [0.25, 0.3) is 0 Å². The maximum absolute atomic E-state index is 12.0. The van der Waals surface area contributed by atoms with Crippen LogP contribution in [0, 0.1) is 10.8 Å². The number of rotatable bonds is 0. The van der Waals surface area contributed by atoms with Gasteiger partial charge in [0, 0.05) is 17.4 Å². The normalized spacial score (nSPS) is 19.2. The second kappa shape index (κ2) is 3.66. The number of carbonyl (C=O) groups excluding carboxylic acids is 1. The van der Waals surface area contributed by atoms with Crippen LogP contribution in [0.4, 0.5) is 0 Å². The van der Waals surface area contributed by atoms with Crippen molar-refractivity contribution in [2.75, 3.05) is 6.61 Å². The van der Waals surface area contributed by atoms with Gasteiger partial charge in [0.05, 0.1) is 6.61 Å². The highest BCUT2D eigenvalue weighted by molar-refractivity contribution is 5.97. The van der Waals surface area contributed by atoms with Gasteiger partial charge in [-0.3, -0.25) is 4.79 Å². The van der Waals surface area contributed by atoms with Crippen LogP contribution in [0.1, 0.15) is 48.0 Å². The van der Waals surface area contributed by atoms with E-state index in [1.54, 1.807) is 0 Å². The van der Waals surface area contributed by atoms with Crippen molar-refractivity contribution in [1.29, 1.82) is 0 Å². The quantitative estimate of drug-likeness (QED) is 0.613. The molecule has 1 aliphatic heterocycles. The number of hydrogen-bond donors (Lipinski definition) is 0. The third kappa shape index (κ3) is 2.61. The third-order valence-electron chi connectivity index (χ3n) is 2.51. The van der Waals surface area contributed by atoms with Crippen LogP contribution >= 0.6 is 0 Å². The summed E-state index contributed by atoms with van der Waals surface area (Å²) in [6.45, 7) is 13.0. The molecular formula is C13H22O2. The van der Waals surface area contributed by atoms with Gasteiger partial charge in [0.1, 0.15) is 5.76 Å². The number of hydrogen-bond acceptors (Lipinski definition) is 2. The molecule has 0 saturated carbocycles. The summed E-state index contributed by atoms with van der Waals surface area (Å²) >= 11 is 0. The molecule has 0 radical (unpaired) electrons. The molecule has 2 heteroatoms. The Morgan fingerprint density at radius 2 is 1.53 bits per heavy atom. The molecule has 1 rings (SSSR count). The molecule has 1 heterocycles. The Kier molecular flexibility index (Phi) is 2.99. The van der Waals surface area contributed by atoms with Crippen molar-refractivity contribution in [1.82, 2.24) is 0 Å². The molecule has 0 unspecified atom stereocenters. The number of ketones is 1. The van der Waals surface area contributed by atoms with Gasteiger partial charge in [-0.05, 0) is 5.41 Å². The summed E-state index contributed by atoms with van der Waals surface area (Å²) in [7, 11) is 0. The molecule has 86 valence electrons. The van der Waals surface area contributed by atoms with Crippen molar-refractivity contribution in [3.63, 3.8) is 0 Å². The lowest BCUT2D eigenvalue weighted by molar-refractivity contribution is -0.119. The molecule has 0 aromatic carbocycles. The van der Waals surface area contributed by atoms with Crippen molar-refractivity contribution >= 4 is 5.78 Å². The molecule has 0 atom stereocenters. The second-order valence-corrected chi connectivity index (χ2v) is 6.23. The van der Waals surface area contributed by atoms with Gasteiger partial charge in [-0.2, -0.15) is 0 Å². The van der Waals surface area contributed by atoms with Crippen molar-refractivity contribution in [2.24, 2.45) is 10.8 Å². The molecule has 1 aliphatic rings. The lowest BCUT2D eigenvalue weighted by atomic mass is 9.76. The largest absolute Gasteiger partial charge is 0.496 e. The second-order valence-electron chi connectivity index (χ2n) is 6.23. The molecule has 0 saturated heterocycles. The van der Waals surface area contributed by atoms with Gasteiger partial charge in [-0.25, -0.2) is 0 Å². The molecule has 0 spiro atoms. The summed E-state index contributed by atoms with van der Waals surface area (Å²) in [5, 5.41) is 0. The molecule has 0 amide bonds. The molecule has 15 heavy (non-hydrogen) atoms. The summed E-state index contributed by atoms with van der Waals surface area (Å²) in [5.74, 6) is 1.13. The minimum Gasteiger partial charge on any atom is -0.496 e. The number of ether oxygens (including phenoxy) is 1. The van der Waals surface area contributed by atoms with Gasteiger partial charge in [-0.1, -0.05) is 41.5 Å². The lowest BCUT2D eigenvalue weighted by Gasteiger charge is -2.34. The van der Waals surface area contributed by atoms with E-state index < -0.39 is 0 Å². The molecule has 0 bridgehead atoms. The van der Waals surface area contributed by atoms with Crippen LogP contribution in [-0.2, 0) is 9.53 Å². The van der Waals surface area contributed by atoms with Crippen LogP contribution in [0.15, 0.2) is 11.3 Å². The predicted octanol–water partition coefficient (Wildman–Crippen LogP) is 3.32. The Labute approximate surface area is 92.7 Å². The van der Waals surface area contributed by atoms with E-state index in [4.69, 9.17) is 4.74 Å². The molecule has 0 aromatic heterocycles. The first kappa shape index (κ1) is 12.3. The minimum absolute atomic E-state index is 0.0846. The molecule has 0 aliphatic carbocycles. The average molecular weight is 210 g/mol. The van der Waals surface area contributed by atoms with Crippen LogP contribution in [0.2, 0.25) is 0 Å². The van der Waals surface area contributed by atoms with Crippen molar-refractivity contribution in [2.45, 2.75) is 48.0 Å². The Morgan fingerprint density at radius 1 is 1.00 bits per heavy atom. The third-order valence-corrected chi connectivity index (χ3v) is 2.51. The molecule has 0 aromatic rings. The highest BCUT2D eigenvalue weighted by Gasteiger charge is 2.36. The summed E-state index contributed by atoms with van der Waals surface area (Å²) < 4.78 is 5.71. The zero-order valence-corrected chi connectivity index (χ0v) is 10.7. The Morgan fingerprint density at radius 3 is 1.87 bits per heavy atom. The minimum atomic E-state index is -0.125. The SMILES string of the molecule is CC(C)(C)C1=C(C(C)(C)C)C(=O)CCO1. The van der Waals surface area contributed by atoms with E-state index in [1.165, 1.54) is 0 Å². The zero-order chi connectivity index (χ0) is 11.9. The van der Waals surface area contributed by atoms with Gasteiger partial charge >= 0.3 is 0 Å². The zero-order valence-electron chi connectivity index (χ0n) is 10.7. The van der Waals surface area contributed by atoms with E-state index in [2.05, 4.69) is 41.5 Å². The van der Waals surface area contributed by atoms with E-state index >= 15 is 0 Å². The number of allylic oxidation sites excluding steroid dienone is 2. The van der Waals surface area contributed by atoms with Gasteiger partial charge in [0.15, 0.2) is 5.78 Å². The summed E-state index contributed by atoms with van der Waals surface area (Å²) in [5.41, 5.74) is 0.667. The van der Waals surface area contributed by atoms with Crippen molar-refractivity contribution in [3.8, 4) is 0 Å². The van der Waals surface area contributed by atoms with E-state index in [9.17, 15) is 4.79 Å². The molecule has 0 fully saturated rings. The topological polar surface area (TPSA) is 26.3 Å². The maximum Gasteiger partial charge on any atom is 0.166 e. The smallest absolute Gasteiger partial charge is 0.166 e. The van der Waals surface area contributed by atoms with Crippen molar-refractivity contribution < 1.29 is 9.53 Å². The van der Waals surface area contributed by atoms with E-state index in [-0.39, 0.29) is 16.6 Å².